The number of hydrazine groups is 1. The van der Waals surface area contributed by atoms with E-state index in [1.165, 1.54) is 12.8 Å². The fourth-order valence-electron chi connectivity index (χ4n) is 3.78. The lowest BCUT2D eigenvalue weighted by molar-refractivity contribution is 0.0929. The number of hydrogen-bond donors (Lipinski definition) is 4. The molecule has 1 aromatic rings. The van der Waals surface area contributed by atoms with E-state index in [9.17, 15) is 9.59 Å². The van der Waals surface area contributed by atoms with Crippen LogP contribution < -0.4 is 21.9 Å². The molecule has 1 atom stereocenters. The van der Waals surface area contributed by atoms with Crippen molar-refractivity contribution in [2.45, 2.75) is 38.6 Å². The zero-order valence-electron chi connectivity index (χ0n) is 21.4. The van der Waals surface area contributed by atoms with E-state index < -0.39 is 6.03 Å². The highest BCUT2D eigenvalue weighted by atomic mass is 16.2. The van der Waals surface area contributed by atoms with Gasteiger partial charge in [0.05, 0.1) is 12.6 Å². The fraction of sp³-hybridized carbons (Fsp3) is 0.407. The minimum atomic E-state index is -0.467. The van der Waals surface area contributed by atoms with Crippen LogP contribution in [-0.2, 0) is 6.42 Å². The lowest BCUT2D eigenvalue weighted by atomic mass is 9.96. The number of hydrogen-bond acceptors (Lipinski definition) is 6. The number of primary amides is 1. The van der Waals surface area contributed by atoms with Crippen LogP contribution in [0.2, 0.25) is 0 Å². The zero-order valence-corrected chi connectivity index (χ0v) is 21.4. The molecule has 36 heavy (non-hydrogen) atoms. The Morgan fingerprint density at radius 1 is 1.31 bits per heavy atom. The maximum atomic E-state index is 12.2. The van der Waals surface area contributed by atoms with Crippen LogP contribution in [0.3, 0.4) is 0 Å². The van der Waals surface area contributed by atoms with E-state index in [4.69, 9.17) is 5.73 Å². The van der Waals surface area contributed by atoms with Crippen molar-refractivity contribution in [2.75, 3.05) is 33.2 Å². The van der Waals surface area contributed by atoms with Crippen molar-refractivity contribution in [1.29, 1.82) is 0 Å². The average molecular weight is 494 g/mol. The van der Waals surface area contributed by atoms with E-state index in [0.29, 0.717) is 25.2 Å². The molecule has 0 spiro atoms. The summed E-state index contributed by atoms with van der Waals surface area (Å²) in [4.78, 5) is 33.9. The van der Waals surface area contributed by atoms with Crippen molar-refractivity contribution in [1.82, 2.24) is 21.1 Å². The van der Waals surface area contributed by atoms with E-state index >= 15 is 0 Å². The number of carbonyl (C=O) groups excluding carboxylic acids is 2. The van der Waals surface area contributed by atoms with Gasteiger partial charge in [-0.15, -0.1) is 0 Å². The third-order valence-electron chi connectivity index (χ3n) is 5.76. The molecule has 3 rings (SSSR count). The molecule has 5 N–H and O–H groups in total. The Morgan fingerprint density at radius 3 is 2.67 bits per heavy atom. The van der Waals surface area contributed by atoms with Crippen LogP contribution in [0.5, 0.6) is 0 Å². The van der Waals surface area contributed by atoms with E-state index in [1.54, 1.807) is 17.3 Å². The SMILES string of the molecule is C1=CCCC=C1.C=N/C=C(\C=NC[C@@H](C)N(CCNC)C(N)=O)c1ccc2c(c1)CCCNNC2=O. The molecule has 0 saturated heterocycles. The number of allylic oxidation sites excluding steroid dienone is 5. The Bertz CT molecular complexity index is 986. The normalized spacial score (nSPS) is 16.2. The summed E-state index contributed by atoms with van der Waals surface area (Å²) in [5.74, 6) is -0.140. The maximum absolute atomic E-state index is 12.2. The van der Waals surface area contributed by atoms with Gasteiger partial charge in [0.25, 0.3) is 5.91 Å². The van der Waals surface area contributed by atoms with Crippen LogP contribution in [-0.4, -0.2) is 69.0 Å². The second kappa shape index (κ2) is 16.2. The number of aliphatic imine (C=N–C) groups is 2. The molecule has 1 aliphatic heterocycles. The summed E-state index contributed by atoms with van der Waals surface area (Å²) in [5, 5.41) is 3.01. The van der Waals surface area contributed by atoms with Crippen LogP contribution in [0.4, 0.5) is 4.79 Å². The monoisotopic (exact) mass is 493 g/mol. The van der Waals surface area contributed by atoms with Gasteiger partial charge in [-0.25, -0.2) is 10.2 Å². The van der Waals surface area contributed by atoms with Crippen molar-refractivity contribution < 1.29 is 9.59 Å². The van der Waals surface area contributed by atoms with E-state index in [0.717, 1.165) is 36.1 Å². The van der Waals surface area contributed by atoms with Gasteiger partial charge in [0, 0.05) is 43.2 Å². The minimum absolute atomic E-state index is 0.140. The van der Waals surface area contributed by atoms with Crippen LogP contribution >= 0.6 is 0 Å². The Hall–Kier alpha value is -3.56. The number of urea groups is 1. The van der Waals surface area contributed by atoms with Gasteiger partial charge in [0.15, 0.2) is 0 Å². The fourth-order valence-corrected chi connectivity index (χ4v) is 3.78. The van der Waals surface area contributed by atoms with Crippen LogP contribution in [0.1, 0.15) is 47.7 Å². The van der Waals surface area contributed by atoms with E-state index in [1.807, 2.05) is 32.2 Å². The van der Waals surface area contributed by atoms with E-state index in [2.05, 4.69) is 57.2 Å². The molecule has 0 radical (unpaired) electrons. The summed E-state index contributed by atoms with van der Waals surface area (Å²) >= 11 is 0. The average Bonchev–Trinajstić information content (AvgIpc) is 2.88. The number of carbonyl (C=O) groups is 2. The number of amides is 3. The number of aryl methyl sites for hydroxylation is 1. The summed E-state index contributed by atoms with van der Waals surface area (Å²) < 4.78 is 0. The highest BCUT2D eigenvalue weighted by molar-refractivity contribution is 6.10. The van der Waals surface area contributed by atoms with Crippen molar-refractivity contribution in [3.05, 3.63) is 65.4 Å². The predicted molar refractivity (Wildman–Crippen MR) is 148 cm³/mol. The number of nitrogens with zero attached hydrogens (tertiary/aromatic N) is 3. The summed E-state index contributed by atoms with van der Waals surface area (Å²) in [6, 6.07) is 5.07. The van der Waals surface area contributed by atoms with Crippen molar-refractivity contribution in [2.24, 2.45) is 15.7 Å². The Labute approximate surface area is 214 Å². The summed E-state index contributed by atoms with van der Waals surface area (Å²) in [5.41, 5.74) is 14.4. The molecular formula is C27H39N7O2. The summed E-state index contributed by atoms with van der Waals surface area (Å²) in [7, 11) is 1.82. The van der Waals surface area contributed by atoms with Crippen LogP contribution in [0.15, 0.2) is 58.7 Å². The molecule has 9 nitrogen and oxygen atoms in total. The van der Waals surface area contributed by atoms with Gasteiger partial charge in [-0.3, -0.25) is 20.2 Å². The third kappa shape index (κ3) is 9.59. The molecule has 0 saturated carbocycles. The first-order valence-electron chi connectivity index (χ1n) is 12.3. The van der Waals surface area contributed by atoms with Gasteiger partial charge in [0.1, 0.15) is 0 Å². The highest BCUT2D eigenvalue weighted by Gasteiger charge is 2.17. The van der Waals surface area contributed by atoms with Crippen molar-refractivity contribution >= 4 is 30.4 Å². The Kier molecular flexibility index (Phi) is 12.9. The first-order chi connectivity index (χ1) is 17.5. The molecule has 2 aliphatic rings. The molecule has 9 heteroatoms. The van der Waals surface area contributed by atoms with Gasteiger partial charge in [-0.2, -0.15) is 0 Å². The molecule has 194 valence electrons. The second-order valence-corrected chi connectivity index (χ2v) is 8.54. The van der Waals surface area contributed by atoms with Gasteiger partial charge < -0.3 is 16.0 Å². The number of benzene rings is 1. The number of rotatable bonds is 9. The minimum Gasteiger partial charge on any atom is -0.351 e. The predicted octanol–water partition coefficient (Wildman–Crippen LogP) is 2.86. The quantitative estimate of drug-likeness (QED) is 0.395. The topological polar surface area (TPSA) is 124 Å². The highest BCUT2D eigenvalue weighted by Crippen LogP contribution is 2.20. The first-order valence-corrected chi connectivity index (χ1v) is 12.3. The molecule has 0 aromatic heterocycles. The van der Waals surface area contributed by atoms with Gasteiger partial charge >= 0.3 is 6.03 Å². The molecule has 0 bridgehead atoms. The number of nitrogens with two attached hydrogens (primary N) is 1. The third-order valence-corrected chi connectivity index (χ3v) is 5.76. The summed E-state index contributed by atoms with van der Waals surface area (Å²) in [6.07, 6.45) is 16.1. The smallest absolute Gasteiger partial charge is 0.315 e. The van der Waals surface area contributed by atoms with Crippen molar-refractivity contribution in [3.8, 4) is 0 Å². The number of fused-ring (bicyclic) bond motifs is 1. The molecular weight excluding hydrogens is 454 g/mol. The first kappa shape index (κ1) is 28.7. The molecule has 1 heterocycles. The van der Waals surface area contributed by atoms with Crippen LogP contribution in [0, 0.1) is 0 Å². The zero-order chi connectivity index (χ0) is 26.2. The summed E-state index contributed by atoms with van der Waals surface area (Å²) in [6.45, 7) is 7.74. The Balaban J connectivity index is 0.000000662. The van der Waals surface area contributed by atoms with Crippen molar-refractivity contribution in [3.63, 3.8) is 0 Å². The number of nitrogens with one attached hydrogen (secondary N) is 3. The lowest BCUT2D eigenvalue weighted by Gasteiger charge is -2.26. The molecule has 0 fully saturated rings. The van der Waals surface area contributed by atoms with Gasteiger partial charge in [-0.1, -0.05) is 36.4 Å². The lowest BCUT2D eigenvalue weighted by Crippen LogP contribution is -2.46. The van der Waals surface area contributed by atoms with Gasteiger partial charge in [0.2, 0.25) is 0 Å². The van der Waals surface area contributed by atoms with Crippen LogP contribution in [0.25, 0.3) is 5.57 Å². The largest absolute Gasteiger partial charge is 0.351 e. The molecule has 1 aromatic carbocycles. The standard InChI is InChI=1S/C21H31N7O2.C6H8/c1-15(28(21(22)30)10-9-23-2)12-25-14-18(13-24-3)16-6-7-19-17(11-16)5-4-8-26-27-20(19)29;1-2-4-6-5-3-1/h6-7,11,13-15,23,26H,3-5,8-10,12H2,1-2H3,(H2,22,30)(H,27,29);1-4H,5-6H2/b18-13+,25-14?;/t15-;/m1./s1. The maximum Gasteiger partial charge on any atom is 0.315 e. The molecule has 0 unspecified atom stereocenters. The molecule has 3 amide bonds. The Morgan fingerprint density at radius 2 is 2.06 bits per heavy atom. The second-order valence-electron chi connectivity index (χ2n) is 8.54. The van der Waals surface area contributed by atoms with Gasteiger partial charge in [-0.05, 0) is 63.6 Å². The molecule has 1 aliphatic carbocycles. The number of likely N-dealkylation sites (N-methyl/N-ethyl adjacent to an activating group) is 1. The van der Waals surface area contributed by atoms with E-state index in [-0.39, 0.29) is 11.9 Å².